The van der Waals surface area contributed by atoms with Gasteiger partial charge in [-0.15, -0.1) is 0 Å². The molecule has 0 fully saturated rings. The number of carboxylic acid groups (broad SMARTS) is 1. The topological polar surface area (TPSA) is 96.6 Å². The molecule has 2 aromatic rings. The molecule has 0 saturated heterocycles. The quantitative estimate of drug-likeness (QED) is 0.879. The van der Waals surface area contributed by atoms with Crippen LogP contribution in [0, 0.1) is 26.7 Å². The summed E-state index contributed by atoms with van der Waals surface area (Å²) in [4.78, 5) is 27.4. The molecule has 7 nitrogen and oxygen atoms in total. The van der Waals surface area contributed by atoms with Crippen molar-refractivity contribution in [3.8, 4) is 0 Å². The first kappa shape index (κ1) is 15.0. The van der Waals surface area contributed by atoms with Crippen LogP contribution in [0.5, 0.6) is 0 Å². The van der Waals surface area contributed by atoms with Gasteiger partial charge in [0, 0.05) is 17.9 Å². The van der Waals surface area contributed by atoms with E-state index in [1.807, 2.05) is 19.9 Å². The van der Waals surface area contributed by atoms with Gasteiger partial charge >= 0.3 is 5.97 Å². The van der Waals surface area contributed by atoms with Crippen LogP contribution in [0.25, 0.3) is 5.65 Å². The summed E-state index contributed by atoms with van der Waals surface area (Å²) in [7, 11) is 0. The summed E-state index contributed by atoms with van der Waals surface area (Å²) in [6, 6.07) is 1.88. The first-order chi connectivity index (χ1) is 9.81. The van der Waals surface area contributed by atoms with E-state index in [0.29, 0.717) is 16.9 Å². The molecule has 1 atom stereocenters. The summed E-state index contributed by atoms with van der Waals surface area (Å²) in [5.41, 5.74) is 3.13. The molecule has 0 saturated carbocycles. The number of fused-ring (bicyclic) bond motifs is 1. The van der Waals surface area contributed by atoms with Gasteiger partial charge < -0.3 is 10.4 Å². The average Bonchev–Trinajstić information content (AvgIpc) is 2.72. The van der Waals surface area contributed by atoms with Crippen LogP contribution in [0.1, 0.15) is 34.4 Å². The number of aryl methyl sites for hydroxylation is 3. The van der Waals surface area contributed by atoms with Crippen LogP contribution >= 0.6 is 0 Å². The fraction of sp³-hybridized carbons (Fsp3) is 0.429. The largest absolute Gasteiger partial charge is 0.481 e. The average molecular weight is 290 g/mol. The Morgan fingerprint density at radius 1 is 1.38 bits per heavy atom. The molecule has 0 spiro atoms. The molecule has 2 N–H and O–H groups in total. The number of aromatic nitrogens is 3. The van der Waals surface area contributed by atoms with Crippen molar-refractivity contribution in [2.24, 2.45) is 5.92 Å². The molecule has 2 rings (SSSR count). The van der Waals surface area contributed by atoms with Gasteiger partial charge in [0.05, 0.1) is 11.6 Å². The second-order valence-electron chi connectivity index (χ2n) is 5.18. The van der Waals surface area contributed by atoms with Crippen molar-refractivity contribution in [1.29, 1.82) is 0 Å². The first-order valence-electron chi connectivity index (χ1n) is 6.66. The Kier molecular flexibility index (Phi) is 3.93. The zero-order chi connectivity index (χ0) is 15.7. The molecule has 0 aliphatic carbocycles. The predicted octanol–water partition coefficient (Wildman–Crippen LogP) is 1.11. The fourth-order valence-corrected chi connectivity index (χ4v) is 2.11. The molecule has 0 aliphatic heterocycles. The monoisotopic (exact) mass is 290 g/mol. The maximum Gasteiger partial charge on any atom is 0.308 e. The molecule has 0 aromatic carbocycles. The van der Waals surface area contributed by atoms with Crippen molar-refractivity contribution in [2.75, 3.05) is 6.54 Å². The van der Waals surface area contributed by atoms with Crippen LogP contribution in [-0.2, 0) is 4.79 Å². The zero-order valence-corrected chi connectivity index (χ0v) is 12.5. The summed E-state index contributed by atoms with van der Waals surface area (Å²) in [6.45, 7) is 7.08. The lowest BCUT2D eigenvalue weighted by molar-refractivity contribution is -0.140. The molecule has 0 bridgehead atoms. The van der Waals surface area contributed by atoms with Crippen molar-refractivity contribution < 1.29 is 14.7 Å². The minimum atomic E-state index is -0.947. The van der Waals surface area contributed by atoms with Gasteiger partial charge in [0.1, 0.15) is 5.56 Å². The standard InChI is InChI=1S/C14H18N4O3/c1-7(14(20)21)6-15-13(19)11-10(4)17-18-9(3)5-8(2)16-12(11)18/h5,7H,6H2,1-4H3,(H,15,19)(H,20,21). The number of amides is 1. The highest BCUT2D eigenvalue weighted by Gasteiger charge is 2.21. The zero-order valence-electron chi connectivity index (χ0n) is 12.5. The fourth-order valence-electron chi connectivity index (χ4n) is 2.11. The Hall–Kier alpha value is -2.44. The van der Waals surface area contributed by atoms with E-state index >= 15 is 0 Å². The number of nitrogens with zero attached hydrogens (tertiary/aromatic N) is 3. The summed E-state index contributed by atoms with van der Waals surface area (Å²) in [6.07, 6.45) is 0. The summed E-state index contributed by atoms with van der Waals surface area (Å²) >= 11 is 0. The summed E-state index contributed by atoms with van der Waals surface area (Å²) in [5, 5.41) is 15.8. The van der Waals surface area contributed by atoms with Crippen molar-refractivity contribution in [2.45, 2.75) is 27.7 Å². The van der Waals surface area contributed by atoms with Gasteiger partial charge in [-0.2, -0.15) is 5.10 Å². The van der Waals surface area contributed by atoms with E-state index in [0.717, 1.165) is 11.4 Å². The minimum Gasteiger partial charge on any atom is -0.481 e. The highest BCUT2D eigenvalue weighted by atomic mass is 16.4. The number of aliphatic carboxylic acids is 1. The number of carbonyl (C=O) groups excluding carboxylic acids is 1. The van der Waals surface area contributed by atoms with Crippen LogP contribution in [0.3, 0.4) is 0 Å². The molecule has 0 aliphatic rings. The SMILES string of the molecule is Cc1cc(C)n2nc(C)c(C(=O)NCC(C)C(=O)O)c2n1. The summed E-state index contributed by atoms with van der Waals surface area (Å²) < 4.78 is 1.62. The van der Waals surface area contributed by atoms with Gasteiger partial charge in [-0.25, -0.2) is 9.50 Å². The molecule has 1 unspecified atom stereocenters. The molecule has 21 heavy (non-hydrogen) atoms. The molecule has 0 radical (unpaired) electrons. The lowest BCUT2D eigenvalue weighted by Gasteiger charge is -2.08. The number of hydrogen-bond acceptors (Lipinski definition) is 4. The van der Waals surface area contributed by atoms with E-state index < -0.39 is 11.9 Å². The van der Waals surface area contributed by atoms with Gasteiger partial charge in [0.2, 0.25) is 0 Å². The second-order valence-corrected chi connectivity index (χ2v) is 5.18. The van der Waals surface area contributed by atoms with Crippen molar-refractivity contribution >= 4 is 17.5 Å². The van der Waals surface area contributed by atoms with Crippen molar-refractivity contribution in [3.05, 3.63) is 28.7 Å². The lowest BCUT2D eigenvalue weighted by atomic mass is 10.1. The number of rotatable bonds is 4. The molecule has 112 valence electrons. The molecular formula is C14H18N4O3. The molecule has 2 heterocycles. The van der Waals surface area contributed by atoms with E-state index in [2.05, 4.69) is 15.4 Å². The van der Waals surface area contributed by atoms with Crippen molar-refractivity contribution in [1.82, 2.24) is 19.9 Å². The number of hydrogen-bond donors (Lipinski definition) is 2. The normalized spacial score (nSPS) is 12.4. The third-order valence-electron chi connectivity index (χ3n) is 3.29. The molecule has 7 heteroatoms. The number of carboxylic acids is 1. The predicted molar refractivity (Wildman–Crippen MR) is 76.3 cm³/mol. The van der Waals surface area contributed by atoms with Crippen LogP contribution in [0.15, 0.2) is 6.07 Å². The Morgan fingerprint density at radius 3 is 2.67 bits per heavy atom. The van der Waals surface area contributed by atoms with E-state index in [4.69, 9.17) is 5.11 Å². The Labute approximate surface area is 122 Å². The van der Waals surface area contributed by atoms with Gasteiger partial charge in [0.15, 0.2) is 5.65 Å². The summed E-state index contributed by atoms with van der Waals surface area (Å²) in [5.74, 6) is -1.95. The second kappa shape index (κ2) is 5.51. The highest BCUT2D eigenvalue weighted by Crippen LogP contribution is 2.16. The van der Waals surface area contributed by atoms with Crippen LogP contribution < -0.4 is 5.32 Å². The van der Waals surface area contributed by atoms with Crippen LogP contribution in [0.4, 0.5) is 0 Å². The van der Waals surface area contributed by atoms with Gasteiger partial charge in [0.25, 0.3) is 5.91 Å². The van der Waals surface area contributed by atoms with Crippen LogP contribution in [-0.4, -0.2) is 38.1 Å². The third kappa shape index (κ3) is 2.86. The maximum atomic E-state index is 12.3. The third-order valence-corrected chi connectivity index (χ3v) is 3.29. The lowest BCUT2D eigenvalue weighted by Crippen LogP contribution is -2.31. The minimum absolute atomic E-state index is 0.0652. The molecule has 2 aromatic heterocycles. The van der Waals surface area contributed by atoms with E-state index in [1.165, 1.54) is 6.92 Å². The van der Waals surface area contributed by atoms with E-state index in [1.54, 1.807) is 11.4 Å². The molecule has 1 amide bonds. The number of nitrogens with one attached hydrogen (secondary N) is 1. The Bertz CT molecular complexity index is 721. The van der Waals surface area contributed by atoms with Crippen LogP contribution in [0.2, 0.25) is 0 Å². The Morgan fingerprint density at radius 2 is 2.05 bits per heavy atom. The number of carbonyl (C=O) groups is 2. The first-order valence-corrected chi connectivity index (χ1v) is 6.66. The smallest absolute Gasteiger partial charge is 0.308 e. The van der Waals surface area contributed by atoms with E-state index in [9.17, 15) is 9.59 Å². The van der Waals surface area contributed by atoms with Gasteiger partial charge in [-0.05, 0) is 26.8 Å². The highest BCUT2D eigenvalue weighted by molar-refractivity contribution is 6.01. The van der Waals surface area contributed by atoms with Crippen molar-refractivity contribution in [3.63, 3.8) is 0 Å². The van der Waals surface area contributed by atoms with E-state index in [-0.39, 0.29) is 12.5 Å². The Balaban J connectivity index is 2.35. The molecular weight excluding hydrogens is 272 g/mol. The van der Waals surface area contributed by atoms with Gasteiger partial charge in [-0.3, -0.25) is 9.59 Å². The van der Waals surface area contributed by atoms with Gasteiger partial charge in [-0.1, -0.05) is 6.92 Å². The maximum absolute atomic E-state index is 12.3.